The Bertz CT molecular complexity index is 513. The average molecular weight is 306 g/mol. The lowest BCUT2D eigenvalue weighted by Gasteiger charge is -2.15. The van der Waals surface area contributed by atoms with Crippen molar-refractivity contribution in [3.8, 4) is 5.75 Å². The first-order valence-electron chi connectivity index (χ1n) is 7.31. The number of ether oxygens (including phenoxy) is 1. The first kappa shape index (κ1) is 17.8. The molecule has 0 aromatic heterocycles. The van der Waals surface area contributed by atoms with Crippen molar-refractivity contribution in [1.29, 1.82) is 0 Å². The molecule has 1 aromatic carbocycles. The summed E-state index contributed by atoms with van der Waals surface area (Å²) >= 11 is 0. The third kappa shape index (κ3) is 6.47. The quantitative estimate of drug-likeness (QED) is 0.613. The van der Waals surface area contributed by atoms with Gasteiger partial charge in [0.2, 0.25) is 0 Å². The Labute approximate surface area is 132 Å². The van der Waals surface area contributed by atoms with E-state index in [1.807, 2.05) is 24.3 Å². The molecule has 122 valence electrons. The van der Waals surface area contributed by atoms with Crippen LogP contribution >= 0.6 is 0 Å². The molecule has 6 heteroatoms. The lowest BCUT2D eigenvalue weighted by Crippen LogP contribution is -2.40. The Morgan fingerprint density at radius 2 is 2.09 bits per heavy atom. The molecule has 22 heavy (non-hydrogen) atoms. The summed E-state index contributed by atoms with van der Waals surface area (Å²) in [6.45, 7) is 4.79. The molecule has 1 aromatic rings. The molecule has 0 spiro atoms. The molecule has 6 nitrogen and oxygen atoms in total. The molecule has 0 aliphatic heterocycles. The fourth-order valence-electron chi connectivity index (χ4n) is 1.67. The summed E-state index contributed by atoms with van der Waals surface area (Å²) in [5, 5.41) is 6.46. The van der Waals surface area contributed by atoms with E-state index in [-0.39, 0.29) is 12.5 Å². The van der Waals surface area contributed by atoms with Crippen LogP contribution in [0, 0.1) is 0 Å². The van der Waals surface area contributed by atoms with Crippen molar-refractivity contribution in [1.82, 2.24) is 15.5 Å². The standard InChI is InChI=1S/C16H26N4O2/c1-12(2)19-16(17-3)18-10-13-7-6-8-14(9-13)22-11-15(21)20(4)5/h6-9,12H,10-11H2,1-5H3,(H2,17,18,19). The normalized spacial score (nSPS) is 11.3. The fraction of sp³-hybridized carbons (Fsp3) is 0.500. The second kappa shape index (κ2) is 8.92. The van der Waals surface area contributed by atoms with Crippen LogP contribution in [0.15, 0.2) is 29.3 Å². The molecule has 0 aliphatic rings. The highest BCUT2D eigenvalue weighted by molar-refractivity contribution is 5.79. The van der Waals surface area contributed by atoms with Crippen LogP contribution in [0.25, 0.3) is 0 Å². The van der Waals surface area contributed by atoms with E-state index >= 15 is 0 Å². The van der Waals surface area contributed by atoms with Crippen LogP contribution in [0.2, 0.25) is 0 Å². The van der Waals surface area contributed by atoms with Gasteiger partial charge >= 0.3 is 0 Å². The van der Waals surface area contributed by atoms with Crippen LogP contribution in [0.4, 0.5) is 0 Å². The van der Waals surface area contributed by atoms with Crippen LogP contribution in [-0.4, -0.2) is 50.6 Å². The molecule has 0 saturated carbocycles. The van der Waals surface area contributed by atoms with Crippen molar-refractivity contribution in [3.05, 3.63) is 29.8 Å². The lowest BCUT2D eigenvalue weighted by molar-refractivity contribution is -0.130. The molecule has 1 amide bonds. The highest BCUT2D eigenvalue weighted by Gasteiger charge is 2.06. The number of likely N-dealkylation sites (N-methyl/N-ethyl adjacent to an activating group) is 1. The van der Waals surface area contributed by atoms with E-state index in [2.05, 4.69) is 29.5 Å². The number of hydrogen-bond acceptors (Lipinski definition) is 3. The number of hydrogen-bond donors (Lipinski definition) is 2. The first-order chi connectivity index (χ1) is 10.4. The maximum Gasteiger partial charge on any atom is 0.259 e. The Morgan fingerprint density at radius 1 is 1.36 bits per heavy atom. The molecule has 0 radical (unpaired) electrons. The van der Waals surface area contributed by atoms with E-state index in [9.17, 15) is 4.79 Å². The van der Waals surface area contributed by atoms with Crippen LogP contribution < -0.4 is 15.4 Å². The molecule has 0 fully saturated rings. The minimum absolute atomic E-state index is 0.0421. The van der Waals surface area contributed by atoms with E-state index in [0.717, 1.165) is 11.5 Å². The number of aliphatic imine (C=N–C) groups is 1. The Hall–Kier alpha value is -2.24. The molecule has 2 N–H and O–H groups in total. The monoisotopic (exact) mass is 306 g/mol. The lowest BCUT2D eigenvalue weighted by atomic mass is 10.2. The Balaban J connectivity index is 2.55. The summed E-state index contributed by atoms with van der Waals surface area (Å²) in [5.41, 5.74) is 1.06. The molecule has 1 rings (SSSR count). The van der Waals surface area contributed by atoms with Gasteiger partial charge < -0.3 is 20.3 Å². The summed E-state index contributed by atoms with van der Waals surface area (Å²) in [6.07, 6.45) is 0. The number of nitrogens with zero attached hydrogens (tertiary/aromatic N) is 2. The van der Waals surface area contributed by atoms with Crippen molar-refractivity contribution >= 4 is 11.9 Å². The highest BCUT2D eigenvalue weighted by Crippen LogP contribution is 2.13. The van der Waals surface area contributed by atoms with E-state index in [1.54, 1.807) is 21.1 Å². The number of nitrogens with one attached hydrogen (secondary N) is 2. The van der Waals surface area contributed by atoms with Crippen molar-refractivity contribution < 1.29 is 9.53 Å². The number of rotatable bonds is 6. The minimum Gasteiger partial charge on any atom is -0.484 e. The smallest absolute Gasteiger partial charge is 0.259 e. The van der Waals surface area contributed by atoms with E-state index < -0.39 is 0 Å². The topological polar surface area (TPSA) is 66.0 Å². The molecule has 0 bridgehead atoms. The predicted molar refractivity (Wildman–Crippen MR) is 89.1 cm³/mol. The van der Waals surface area contributed by atoms with Gasteiger partial charge in [0, 0.05) is 33.7 Å². The van der Waals surface area contributed by atoms with Crippen molar-refractivity contribution in [3.63, 3.8) is 0 Å². The third-order valence-electron chi connectivity index (χ3n) is 2.87. The van der Waals surface area contributed by atoms with Gasteiger partial charge in [0.1, 0.15) is 5.75 Å². The second-order valence-electron chi connectivity index (χ2n) is 5.45. The number of guanidine groups is 1. The van der Waals surface area contributed by atoms with Crippen LogP contribution in [0.3, 0.4) is 0 Å². The largest absolute Gasteiger partial charge is 0.484 e. The van der Waals surface area contributed by atoms with Gasteiger partial charge in [0.25, 0.3) is 5.91 Å². The summed E-state index contributed by atoms with van der Waals surface area (Å²) in [7, 11) is 5.16. The Kier molecular flexibility index (Phi) is 7.22. The number of carbonyl (C=O) groups excluding carboxylic acids is 1. The van der Waals surface area contributed by atoms with E-state index in [4.69, 9.17) is 4.74 Å². The molecule has 0 atom stereocenters. The van der Waals surface area contributed by atoms with Crippen LogP contribution in [0.5, 0.6) is 5.75 Å². The molecule has 0 saturated heterocycles. The number of amides is 1. The molecule has 0 aliphatic carbocycles. The van der Waals surface area contributed by atoms with Crippen LogP contribution in [0.1, 0.15) is 19.4 Å². The van der Waals surface area contributed by atoms with Gasteiger partial charge in [-0.2, -0.15) is 0 Å². The number of benzene rings is 1. The summed E-state index contributed by atoms with van der Waals surface area (Å²) in [6, 6.07) is 7.98. The molecule has 0 unspecified atom stereocenters. The SMILES string of the molecule is CN=C(NCc1cccc(OCC(=O)N(C)C)c1)NC(C)C. The van der Waals surface area contributed by atoms with Gasteiger partial charge in [-0.1, -0.05) is 12.1 Å². The third-order valence-corrected chi connectivity index (χ3v) is 2.87. The molecular weight excluding hydrogens is 280 g/mol. The van der Waals surface area contributed by atoms with Gasteiger partial charge in [-0.15, -0.1) is 0 Å². The van der Waals surface area contributed by atoms with Gasteiger partial charge in [-0.25, -0.2) is 0 Å². The van der Waals surface area contributed by atoms with Crippen molar-refractivity contribution in [2.24, 2.45) is 4.99 Å². The summed E-state index contributed by atoms with van der Waals surface area (Å²) in [4.78, 5) is 17.2. The van der Waals surface area contributed by atoms with Crippen molar-refractivity contribution in [2.75, 3.05) is 27.7 Å². The van der Waals surface area contributed by atoms with Crippen LogP contribution in [-0.2, 0) is 11.3 Å². The van der Waals surface area contributed by atoms with Gasteiger partial charge in [0.05, 0.1) is 0 Å². The maximum atomic E-state index is 11.5. The zero-order valence-corrected chi connectivity index (χ0v) is 14.0. The van der Waals surface area contributed by atoms with Crippen molar-refractivity contribution in [2.45, 2.75) is 26.4 Å². The van der Waals surface area contributed by atoms with Gasteiger partial charge in [-0.05, 0) is 31.5 Å². The average Bonchev–Trinajstić information content (AvgIpc) is 2.48. The zero-order valence-electron chi connectivity index (χ0n) is 14.0. The molecule has 0 heterocycles. The number of carbonyl (C=O) groups is 1. The maximum absolute atomic E-state index is 11.5. The minimum atomic E-state index is -0.0648. The van der Waals surface area contributed by atoms with E-state index in [0.29, 0.717) is 18.3 Å². The zero-order chi connectivity index (χ0) is 16.5. The summed E-state index contributed by atoms with van der Waals surface area (Å²) < 4.78 is 5.50. The fourth-order valence-corrected chi connectivity index (χ4v) is 1.67. The Morgan fingerprint density at radius 3 is 2.68 bits per heavy atom. The predicted octanol–water partition coefficient (Wildman–Crippen LogP) is 1.23. The first-order valence-corrected chi connectivity index (χ1v) is 7.31. The van der Waals surface area contributed by atoms with E-state index in [1.165, 1.54) is 4.90 Å². The second-order valence-corrected chi connectivity index (χ2v) is 5.45. The molecular formula is C16H26N4O2. The summed E-state index contributed by atoms with van der Waals surface area (Å²) in [5.74, 6) is 1.37. The highest BCUT2D eigenvalue weighted by atomic mass is 16.5. The van der Waals surface area contributed by atoms with Gasteiger partial charge in [0.15, 0.2) is 12.6 Å². The van der Waals surface area contributed by atoms with Gasteiger partial charge in [-0.3, -0.25) is 9.79 Å².